The first kappa shape index (κ1) is 30.7. The first-order valence-corrected chi connectivity index (χ1v) is 14.5. The number of esters is 2. The average molecular weight is 601 g/mol. The number of amides is 1. The fourth-order valence-corrected chi connectivity index (χ4v) is 4.86. The van der Waals surface area contributed by atoms with E-state index in [4.69, 9.17) is 9.47 Å². The molecule has 0 spiro atoms. The standard InChI is InChI=1S/C37H32N2O6/c40-34(44-26-29-15-6-2-7-16-29)22-12-19-31(23-24-35(41)45-27-30-17-8-3-9-18-30)39(43)36-32-20-10-11-21-33(32)38(37(36)42)25-28-13-4-1-5-14-28/h1-18,20-24,31H,19,25-27H2/b22-12+,24-23+,39-36+. The highest BCUT2D eigenvalue weighted by Crippen LogP contribution is 2.31. The second kappa shape index (κ2) is 15.1. The van der Waals surface area contributed by atoms with E-state index in [2.05, 4.69) is 0 Å². The predicted molar refractivity (Wildman–Crippen MR) is 171 cm³/mol. The van der Waals surface area contributed by atoms with E-state index < -0.39 is 23.9 Å². The van der Waals surface area contributed by atoms with Gasteiger partial charge >= 0.3 is 17.8 Å². The molecule has 0 saturated carbocycles. The van der Waals surface area contributed by atoms with Gasteiger partial charge in [0.25, 0.3) is 5.71 Å². The Labute approximate surface area is 261 Å². The second-order valence-electron chi connectivity index (χ2n) is 10.3. The van der Waals surface area contributed by atoms with Gasteiger partial charge in [-0.3, -0.25) is 9.69 Å². The topological polar surface area (TPSA) is 99.0 Å². The first-order valence-electron chi connectivity index (χ1n) is 14.5. The Morgan fingerprint density at radius 1 is 0.711 bits per heavy atom. The van der Waals surface area contributed by atoms with Crippen molar-refractivity contribution in [3.8, 4) is 0 Å². The lowest BCUT2D eigenvalue weighted by atomic mass is 10.1. The summed E-state index contributed by atoms with van der Waals surface area (Å²) < 4.78 is 11.2. The number of anilines is 1. The molecular weight excluding hydrogens is 568 g/mol. The molecule has 1 atom stereocenters. The van der Waals surface area contributed by atoms with E-state index in [9.17, 15) is 19.6 Å². The normalized spacial score (nSPS) is 14.4. The van der Waals surface area contributed by atoms with Crippen molar-refractivity contribution in [1.29, 1.82) is 0 Å². The van der Waals surface area contributed by atoms with Gasteiger partial charge in [-0.15, -0.1) is 0 Å². The molecule has 1 amide bonds. The molecule has 8 heteroatoms. The third-order valence-electron chi connectivity index (χ3n) is 7.14. The van der Waals surface area contributed by atoms with Crippen molar-refractivity contribution in [3.05, 3.63) is 167 Å². The smallest absolute Gasteiger partial charge is 0.331 e. The van der Waals surface area contributed by atoms with Crippen LogP contribution in [-0.4, -0.2) is 34.3 Å². The fourth-order valence-electron chi connectivity index (χ4n) is 4.86. The first-order chi connectivity index (χ1) is 22.0. The Morgan fingerprint density at radius 2 is 1.22 bits per heavy atom. The molecule has 5 rings (SSSR count). The number of carbonyl (C=O) groups is 3. The van der Waals surface area contributed by atoms with Crippen molar-refractivity contribution >= 4 is 29.2 Å². The van der Waals surface area contributed by atoms with Crippen LogP contribution in [0, 0.1) is 5.21 Å². The zero-order valence-electron chi connectivity index (χ0n) is 24.5. The molecule has 1 heterocycles. The summed E-state index contributed by atoms with van der Waals surface area (Å²) in [6.07, 6.45) is 5.32. The van der Waals surface area contributed by atoms with Crippen molar-refractivity contribution in [2.45, 2.75) is 32.2 Å². The third kappa shape index (κ3) is 8.20. The number of nitrogens with zero attached hydrogens (tertiary/aromatic N) is 2. The molecule has 0 aromatic heterocycles. The molecule has 1 unspecified atom stereocenters. The molecule has 4 aromatic rings. The van der Waals surface area contributed by atoms with Gasteiger partial charge in [-0.1, -0.05) is 109 Å². The summed E-state index contributed by atoms with van der Waals surface area (Å²) in [6, 6.07) is 34.1. The summed E-state index contributed by atoms with van der Waals surface area (Å²) >= 11 is 0. The Bertz CT molecular complexity index is 1720. The van der Waals surface area contributed by atoms with Crippen LogP contribution in [0.25, 0.3) is 0 Å². The Hall–Kier alpha value is -5.76. The van der Waals surface area contributed by atoms with Gasteiger partial charge in [0.1, 0.15) is 13.2 Å². The maximum absolute atomic E-state index is 14.0. The lowest BCUT2D eigenvalue weighted by Gasteiger charge is -2.17. The number of hydroxylamine groups is 1. The highest BCUT2D eigenvalue weighted by atomic mass is 16.5. The third-order valence-corrected chi connectivity index (χ3v) is 7.14. The number of para-hydroxylation sites is 1. The van der Waals surface area contributed by atoms with Gasteiger partial charge in [0.05, 0.1) is 17.8 Å². The van der Waals surface area contributed by atoms with E-state index in [1.165, 1.54) is 24.3 Å². The summed E-state index contributed by atoms with van der Waals surface area (Å²) in [5.41, 5.74) is 3.63. The van der Waals surface area contributed by atoms with Gasteiger partial charge in [0.2, 0.25) is 0 Å². The molecule has 8 nitrogen and oxygen atoms in total. The number of hydrogen-bond donors (Lipinski definition) is 0. The fraction of sp³-hybridized carbons (Fsp3) is 0.135. The van der Waals surface area contributed by atoms with Crippen molar-refractivity contribution in [1.82, 2.24) is 0 Å². The van der Waals surface area contributed by atoms with Crippen LogP contribution < -0.4 is 4.90 Å². The number of ether oxygens (including phenoxy) is 2. The van der Waals surface area contributed by atoms with Crippen molar-refractivity contribution < 1.29 is 28.6 Å². The van der Waals surface area contributed by atoms with E-state index >= 15 is 0 Å². The van der Waals surface area contributed by atoms with Gasteiger partial charge in [0.15, 0.2) is 6.04 Å². The van der Waals surface area contributed by atoms with Crippen LogP contribution in [-0.2, 0) is 43.6 Å². The Morgan fingerprint density at radius 3 is 1.82 bits per heavy atom. The van der Waals surface area contributed by atoms with Crippen molar-refractivity contribution in [2.24, 2.45) is 0 Å². The van der Waals surface area contributed by atoms with Crippen LogP contribution in [0.2, 0.25) is 0 Å². The van der Waals surface area contributed by atoms with Crippen LogP contribution in [0.3, 0.4) is 0 Å². The second-order valence-corrected chi connectivity index (χ2v) is 10.3. The molecule has 45 heavy (non-hydrogen) atoms. The maximum Gasteiger partial charge on any atom is 0.331 e. The molecule has 0 fully saturated rings. The molecule has 226 valence electrons. The molecule has 1 aliphatic rings. The number of hydrogen-bond acceptors (Lipinski definition) is 6. The van der Waals surface area contributed by atoms with Crippen LogP contribution in [0.15, 0.2) is 140 Å². The summed E-state index contributed by atoms with van der Waals surface area (Å²) in [4.78, 5) is 40.3. The van der Waals surface area contributed by atoms with E-state index in [-0.39, 0.29) is 31.9 Å². The Kier molecular flexibility index (Phi) is 10.3. The summed E-state index contributed by atoms with van der Waals surface area (Å²) in [5, 5.41) is 14.0. The van der Waals surface area contributed by atoms with Crippen LogP contribution in [0.5, 0.6) is 0 Å². The van der Waals surface area contributed by atoms with E-state index in [0.29, 0.717) is 16.0 Å². The number of fused-ring (bicyclic) bond motifs is 1. The minimum atomic E-state index is -1.00. The SMILES string of the molecule is O=C(/C=C/CC(/C=C/C(=O)OCc1ccccc1)/[N+]([O-])=C1\C(=O)N(Cc2ccccc2)c2ccccc21)OCc1ccccc1. The summed E-state index contributed by atoms with van der Waals surface area (Å²) in [6.45, 7) is 0.461. The number of benzene rings is 4. The minimum absolute atomic E-state index is 0.0179. The number of carbonyl (C=O) groups excluding carboxylic acids is 3. The summed E-state index contributed by atoms with van der Waals surface area (Å²) in [7, 11) is 0. The van der Waals surface area contributed by atoms with Crippen molar-refractivity contribution in [3.63, 3.8) is 0 Å². The molecule has 1 aliphatic heterocycles. The molecular formula is C37H32N2O6. The summed E-state index contributed by atoms with van der Waals surface area (Å²) in [5.74, 6) is -1.67. The molecule has 0 radical (unpaired) electrons. The van der Waals surface area contributed by atoms with Gasteiger partial charge in [-0.05, 0) is 34.9 Å². The van der Waals surface area contributed by atoms with Crippen LogP contribution >= 0.6 is 0 Å². The Balaban J connectivity index is 1.37. The molecule has 0 N–H and O–H groups in total. The van der Waals surface area contributed by atoms with Crippen molar-refractivity contribution in [2.75, 3.05) is 4.90 Å². The molecule has 0 bridgehead atoms. The zero-order chi connectivity index (χ0) is 31.4. The van der Waals surface area contributed by atoms with Gasteiger partial charge in [-0.25, -0.2) is 9.59 Å². The van der Waals surface area contributed by atoms with Gasteiger partial charge < -0.3 is 14.7 Å². The largest absolute Gasteiger partial charge is 0.623 e. The predicted octanol–water partition coefficient (Wildman–Crippen LogP) is 5.89. The van der Waals surface area contributed by atoms with E-state index in [1.807, 2.05) is 97.1 Å². The van der Waals surface area contributed by atoms with Gasteiger partial charge in [-0.2, -0.15) is 4.74 Å². The van der Waals surface area contributed by atoms with Crippen LogP contribution in [0.1, 0.15) is 28.7 Å². The minimum Gasteiger partial charge on any atom is -0.623 e. The maximum atomic E-state index is 14.0. The molecule has 0 saturated heterocycles. The molecule has 4 aromatic carbocycles. The quantitative estimate of drug-likeness (QED) is 0.0661. The number of rotatable bonds is 12. The lowest BCUT2D eigenvalue weighted by Crippen LogP contribution is -2.36. The zero-order valence-corrected chi connectivity index (χ0v) is 24.5. The monoisotopic (exact) mass is 600 g/mol. The van der Waals surface area contributed by atoms with E-state index in [1.54, 1.807) is 23.1 Å². The average Bonchev–Trinajstić information content (AvgIpc) is 3.35. The van der Waals surface area contributed by atoms with E-state index in [0.717, 1.165) is 16.7 Å². The highest BCUT2D eigenvalue weighted by molar-refractivity contribution is 6.52. The van der Waals surface area contributed by atoms with Gasteiger partial charge in [0, 0.05) is 18.6 Å². The highest BCUT2D eigenvalue weighted by Gasteiger charge is 2.40. The lowest BCUT2D eigenvalue weighted by molar-refractivity contribution is -0.485. The molecule has 0 aliphatic carbocycles. The van der Waals surface area contributed by atoms with Crippen LogP contribution in [0.4, 0.5) is 5.69 Å².